The molecule has 2 saturated carbocycles. The SMILES string of the molecule is C1CC2CC3N=NC2C3C1. The van der Waals surface area contributed by atoms with Gasteiger partial charge in [-0.05, 0) is 25.2 Å². The van der Waals surface area contributed by atoms with Crippen LogP contribution in [-0.4, -0.2) is 12.1 Å². The first-order chi connectivity index (χ1) is 4.95. The summed E-state index contributed by atoms with van der Waals surface area (Å²) >= 11 is 0. The molecule has 2 aliphatic carbocycles. The highest BCUT2D eigenvalue weighted by Gasteiger charge is 2.49. The summed E-state index contributed by atoms with van der Waals surface area (Å²) in [5, 5.41) is 8.59. The fourth-order valence-corrected chi connectivity index (χ4v) is 2.94. The van der Waals surface area contributed by atoms with E-state index in [0.29, 0.717) is 12.1 Å². The molecule has 1 aliphatic heterocycles. The summed E-state index contributed by atoms with van der Waals surface area (Å²) in [7, 11) is 0. The Bertz CT molecular complexity index is 188. The van der Waals surface area contributed by atoms with Gasteiger partial charge in [-0.1, -0.05) is 6.42 Å². The third kappa shape index (κ3) is 0.468. The molecular formula is C8H12N2. The van der Waals surface area contributed by atoms with Crippen LogP contribution in [0.15, 0.2) is 10.2 Å². The summed E-state index contributed by atoms with van der Waals surface area (Å²) in [6.45, 7) is 0. The lowest BCUT2D eigenvalue weighted by Gasteiger charge is -2.22. The number of hydrogen-bond donors (Lipinski definition) is 0. The molecule has 54 valence electrons. The van der Waals surface area contributed by atoms with Gasteiger partial charge in [0.05, 0.1) is 12.1 Å². The van der Waals surface area contributed by atoms with Gasteiger partial charge in [-0.2, -0.15) is 10.2 Å². The molecule has 4 unspecified atom stereocenters. The average molecular weight is 136 g/mol. The van der Waals surface area contributed by atoms with Crippen molar-refractivity contribution in [2.75, 3.05) is 0 Å². The maximum Gasteiger partial charge on any atom is 0.0786 e. The summed E-state index contributed by atoms with van der Waals surface area (Å²) < 4.78 is 0. The van der Waals surface area contributed by atoms with Gasteiger partial charge in [0.1, 0.15) is 0 Å². The second-order valence-corrected chi connectivity index (χ2v) is 3.88. The molecule has 4 bridgehead atoms. The van der Waals surface area contributed by atoms with Gasteiger partial charge in [-0.25, -0.2) is 0 Å². The third-order valence-electron chi connectivity index (χ3n) is 3.42. The minimum Gasteiger partial charge on any atom is -0.190 e. The molecule has 10 heavy (non-hydrogen) atoms. The molecule has 0 aromatic carbocycles. The zero-order valence-electron chi connectivity index (χ0n) is 6.03. The predicted octanol–water partition coefficient (Wildman–Crippen LogP) is 2.01. The van der Waals surface area contributed by atoms with Crippen LogP contribution < -0.4 is 0 Å². The number of hydrogen-bond acceptors (Lipinski definition) is 2. The number of azo groups is 1. The Morgan fingerprint density at radius 2 is 2.10 bits per heavy atom. The molecule has 2 fully saturated rings. The van der Waals surface area contributed by atoms with Crippen molar-refractivity contribution in [2.24, 2.45) is 22.1 Å². The summed E-state index contributed by atoms with van der Waals surface area (Å²) in [5.41, 5.74) is 0. The molecule has 0 saturated heterocycles. The molecule has 0 amide bonds. The van der Waals surface area contributed by atoms with E-state index in [1.54, 1.807) is 0 Å². The summed E-state index contributed by atoms with van der Waals surface area (Å²) in [5.74, 6) is 1.81. The van der Waals surface area contributed by atoms with Crippen LogP contribution in [0.4, 0.5) is 0 Å². The highest BCUT2D eigenvalue weighted by Crippen LogP contribution is 2.49. The highest BCUT2D eigenvalue weighted by atomic mass is 15.2. The van der Waals surface area contributed by atoms with Crippen LogP contribution >= 0.6 is 0 Å². The molecule has 3 aliphatic rings. The molecule has 0 spiro atoms. The maximum absolute atomic E-state index is 4.31. The van der Waals surface area contributed by atoms with Gasteiger partial charge in [0, 0.05) is 5.92 Å². The van der Waals surface area contributed by atoms with Gasteiger partial charge in [0.2, 0.25) is 0 Å². The van der Waals surface area contributed by atoms with E-state index in [0.717, 1.165) is 11.8 Å². The lowest BCUT2D eigenvalue weighted by molar-refractivity contribution is 0.314. The molecule has 3 rings (SSSR count). The van der Waals surface area contributed by atoms with Gasteiger partial charge in [-0.15, -0.1) is 0 Å². The Hall–Kier alpha value is -0.400. The zero-order chi connectivity index (χ0) is 6.55. The monoisotopic (exact) mass is 136 g/mol. The average Bonchev–Trinajstić information content (AvgIpc) is 2.44. The number of nitrogens with zero attached hydrogens (tertiary/aromatic N) is 2. The van der Waals surface area contributed by atoms with E-state index in [2.05, 4.69) is 10.2 Å². The van der Waals surface area contributed by atoms with Crippen molar-refractivity contribution in [3.63, 3.8) is 0 Å². The third-order valence-corrected chi connectivity index (χ3v) is 3.42. The van der Waals surface area contributed by atoms with Crippen LogP contribution in [0.3, 0.4) is 0 Å². The van der Waals surface area contributed by atoms with Crippen molar-refractivity contribution in [2.45, 2.75) is 37.8 Å². The van der Waals surface area contributed by atoms with E-state index in [1.165, 1.54) is 25.7 Å². The number of rotatable bonds is 0. The lowest BCUT2D eigenvalue weighted by atomic mass is 9.85. The van der Waals surface area contributed by atoms with E-state index < -0.39 is 0 Å². The summed E-state index contributed by atoms with van der Waals surface area (Å²) in [6, 6.07) is 1.32. The molecule has 0 aromatic rings. The van der Waals surface area contributed by atoms with Gasteiger partial charge >= 0.3 is 0 Å². The normalized spacial score (nSPS) is 56.0. The minimum absolute atomic E-state index is 0.650. The van der Waals surface area contributed by atoms with Crippen molar-refractivity contribution in [3.05, 3.63) is 0 Å². The van der Waals surface area contributed by atoms with Crippen LogP contribution in [0.25, 0.3) is 0 Å². The summed E-state index contributed by atoms with van der Waals surface area (Å²) in [6.07, 6.45) is 5.63. The van der Waals surface area contributed by atoms with Crippen molar-refractivity contribution in [3.8, 4) is 0 Å². The van der Waals surface area contributed by atoms with Crippen LogP contribution in [0.5, 0.6) is 0 Å². The van der Waals surface area contributed by atoms with Gasteiger partial charge in [-0.3, -0.25) is 0 Å². The van der Waals surface area contributed by atoms with Crippen LogP contribution in [0, 0.1) is 11.8 Å². The van der Waals surface area contributed by atoms with E-state index in [9.17, 15) is 0 Å². The Balaban J connectivity index is 2.00. The van der Waals surface area contributed by atoms with E-state index in [1.807, 2.05) is 0 Å². The second kappa shape index (κ2) is 1.60. The minimum atomic E-state index is 0.650. The molecule has 2 heteroatoms. The van der Waals surface area contributed by atoms with Crippen molar-refractivity contribution < 1.29 is 0 Å². The topological polar surface area (TPSA) is 24.7 Å². The van der Waals surface area contributed by atoms with E-state index in [4.69, 9.17) is 0 Å². The summed E-state index contributed by atoms with van der Waals surface area (Å²) in [4.78, 5) is 0. The smallest absolute Gasteiger partial charge is 0.0786 e. The zero-order valence-corrected chi connectivity index (χ0v) is 6.03. The molecule has 0 N–H and O–H groups in total. The highest BCUT2D eigenvalue weighted by molar-refractivity contribution is 5.04. The first-order valence-corrected chi connectivity index (χ1v) is 4.35. The molecule has 1 heterocycles. The van der Waals surface area contributed by atoms with E-state index >= 15 is 0 Å². The molecule has 0 aromatic heterocycles. The van der Waals surface area contributed by atoms with E-state index in [-0.39, 0.29) is 0 Å². The first kappa shape index (κ1) is 5.28. The molecule has 4 atom stereocenters. The Morgan fingerprint density at radius 1 is 1.10 bits per heavy atom. The second-order valence-electron chi connectivity index (χ2n) is 3.88. The van der Waals surface area contributed by atoms with Crippen LogP contribution in [0.1, 0.15) is 25.7 Å². The molecule has 2 nitrogen and oxygen atoms in total. The fourth-order valence-electron chi connectivity index (χ4n) is 2.94. The largest absolute Gasteiger partial charge is 0.190 e. The standard InChI is InChI=1S/C8H12N2/c1-2-5-4-7-6(3-1)8(5)10-9-7/h5-8H,1-4H2. The fraction of sp³-hybridized carbons (Fsp3) is 1.00. The van der Waals surface area contributed by atoms with Crippen molar-refractivity contribution in [1.82, 2.24) is 0 Å². The first-order valence-electron chi connectivity index (χ1n) is 4.35. The Labute approximate surface area is 60.7 Å². The Morgan fingerprint density at radius 3 is 2.90 bits per heavy atom. The molecule has 0 radical (unpaired) electrons. The van der Waals surface area contributed by atoms with Crippen molar-refractivity contribution >= 4 is 0 Å². The predicted molar refractivity (Wildman–Crippen MR) is 37.9 cm³/mol. The molecular weight excluding hydrogens is 124 g/mol. The quantitative estimate of drug-likeness (QED) is 0.486. The van der Waals surface area contributed by atoms with Gasteiger partial charge in [0.15, 0.2) is 0 Å². The van der Waals surface area contributed by atoms with Gasteiger partial charge < -0.3 is 0 Å². The van der Waals surface area contributed by atoms with Gasteiger partial charge in [0.25, 0.3) is 0 Å². The Kier molecular flexibility index (Phi) is 0.846. The van der Waals surface area contributed by atoms with Crippen molar-refractivity contribution in [1.29, 1.82) is 0 Å². The lowest BCUT2D eigenvalue weighted by Crippen LogP contribution is -2.22. The maximum atomic E-state index is 4.31. The van der Waals surface area contributed by atoms with Crippen LogP contribution in [0.2, 0.25) is 0 Å². The van der Waals surface area contributed by atoms with Crippen LogP contribution in [-0.2, 0) is 0 Å².